The molecular formula is C8H16O2S. The number of sulfone groups is 1. The fourth-order valence-electron chi connectivity index (χ4n) is 0.877. The highest BCUT2D eigenvalue weighted by molar-refractivity contribution is 7.91. The molecule has 0 saturated carbocycles. The Kier molecular flexibility index (Phi) is 3.79. The Hall–Kier alpha value is -0.310. The zero-order chi connectivity index (χ0) is 9.07. The molecule has 0 amide bonds. The minimum absolute atomic E-state index is 0.169. The van der Waals surface area contributed by atoms with Crippen molar-refractivity contribution in [2.24, 2.45) is 5.92 Å². The van der Waals surface area contributed by atoms with Crippen molar-refractivity contribution in [3.63, 3.8) is 0 Å². The molecule has 0 aromatic heterocycles. The van der Waals surface area contributed by atoms with Gasteiger partial charge in [0.1, 0.15) is 9.84 Å². The Labute approximate surface area is 69.2 Å². The Morgan fingerprint density at radius 2 is 1.91 bits per heavy atom. The first kappa shape index (κ1) is 10.7. The van der Waals surface area contributed by atoms with Crippen LogP contribution in [0.15, 0.2) is 12.7 Å². The molecule has 0 aliphatic carbocycles. The van der Waals surface area contributed by atoms with Crippen molar-refractivity contribution < 1.29 is 8.42 Å². The Morgan fingerprint density at radius 1 is 1.45 bits per heavy atom. The average Bonchev–Trinajstić information content (AvgIpc) is 1.85. The quantitative estimate of drug-likeness (QED) is 0.610. The van der Waals surface area contributed by atoms with E-state index in [1.807, 2.05) is 6.92 Å². The highest BCUT2D eigenvalue weighted by Crippen LogP contribution is 2.14. The van der Waals surface area contributed by atoms with E-state index in [9.17, 15) is 8.42 Å². The van der Waals surface area contributed by atoms with Crippen LogP contribution in [-0.2, 0) is 9.84 Å². The normalized spacial score (nSPS) is 17.4. The van der Waals surface area contributed by atoms with Crippen molar-refractivity contribution in [1.82, 2.24) is 0 Å². The molecular weight excluding hydrogens is 160 g/mol. The number of rotatable bonds is 4. The molecule has 0 radical (unpaired) electrons. The second-order valence-electron chi connectivity index (χ2n) is 3.04. The molecule has 0 aliphatic heterocycles. The van der Waals surface area contributed by atoms with E-state index >= 15 is 0 Å². The van der Waals surface area contributed by atoms with Crippen LogP contribution in [0.4, 0.5) is 0 Å². The topological polar surface area (TPSA) is 34.1 Å². The summed E-state index contributed by atoms with van der Waals surface area (Å²) in [6.07, 6.45) is 3.79. The van der Waals surface area contributed by atoms with E-state index in [0.717, 1.165) is 6.42 Å². The minimum atomic E-state index is -2.87. The molecule has 0 heterocycles. The summed E-state index contributed by atoms with van der Waals surface area (Å²) < 4.78 is 22.0. The van der Waals surface area contributed by atoms with E-state index in [1.165, 1.54) is 6.26 Å². The van der Waals surface area contributed by atoms with Gasteiger partial charge >= 0.3 is 0 Å². The molecule has 0 aromatic carbocycles. The fourth-order valence-corrected chi connectivity index (χ4v) is 1.83. The van der Waals surface area contributed by atoms with Crippen LogP contribution in [0, 0.1) is 5.92 Å². The van der Waals surface area contributed by atoms with Crippen molar-refractivity contribution >= 4 is 9.84 Å². The number of hydrogen-bond acceptors (Lipinski definition) is 2. The van der Waals surface area contributed by atoms with E-state index in [4.69, 9.17) is 0 Å². The second kappa shape index (κ2) is 3.90. The van der Waals surface area contributed by atoms with Crippen LogP contribution in [0.25, 0.3) is 0 Å². The lowest BCUT2D eigenvalue weighted by Gasteiger charge is -2.15. The third-order valence-electron chi connectivity index (χ3n) is 2.02. The SMILES string of the molecule is C=CC[C@H](C)[C@@H](C)S(C)(=O)=O. The molecule has 0 fully saturated rings. The van der Waals surface area contributed by atoms with Gasteiger partial charge in [-0.1, -0.05) is 13.0 Å². The van der Waals surface area contributed by atoms with Gasteiger partial charge in [-0.05, 0) is 19.3 Å². The van der Waals surface area contributed by atoms with Gasteiger partial charge < -0.3 is 0 Å². The molecule has 0 N–H and O–H groups in total. The van der Waals surface area contributed by atoms with Crippen molar-refractivity contribution in [3.8, 4) is 0 Å². The minimum Gasteiger partial charge on any atom is -0.229 e. The van der Waals surface area contributed by atoms with Crippen molar-refractivity contribution in [1.29, 1.82) is 0 Å². The molecule has 0 aliphatic rings. The van der Waals surface area contributed by atoms with Crippen LogP contribution in [0.3, 0.4) is 0 Å². The second-order valence-corrected chi connectivity index (χ2v) is 5.44. The highest BCUT2D eigenvalue weighted by atomic mass is 32.2. The first-order valence-corrected chi connectivity index (χ1v) is 5.64. The Bertz CT molecular complexity index is 216. The molecule has 0 saturated heterocycles. The van der Waals surface area contributed by atoms with Gasteiger partial charge in [-0.2, -0.15) is 0 Å². The molecule has 2 nitrogen and oxygen atoms in total. The van der Waals surface area contributed by atoms with Crippen LogP contribution >= 0.6 is 0 Å². The van der Waals surface area contributed by atoms with E-state index in [-0.39, 0.29) is 11.2 Å². The van der Waals surface area contributed by atoms with Crippen molar-refractivity contribution in [2.75, 3.05) is 6.26 Å². The first-order chi connectivity index (χ1) is 4.89. The fraction of sp³-hybridized carbons (Fsp3) is 0.750. The Balaban J connectivity index is 4.25. The van der Waals surface area contributed by atoms with Gasteiger partial charge in [0.2, 0.25) is 0 Å². The van der Waals surface area contributed by atoms with E-state index < -0.39 is 9.84 Å². The molecule has 11 heavy (non-hydrogen) atoms. The summed E-state index contributed by atoms with van der Waals surface area (Å²) in [5.41, 5.74) is 0. The monoisotopic (exact) mass is 176 g/mol. The van der Waals surface area contributed by atoms with E-state index in [1.54, 1.807) is 13.0 Å². The summed E-state index contributed by atoms with van der Waals surface area (Å²) in [6.45, 7) is 7.23. The predicted octanol–water partition coefficient (Wildman–Crippen LogP) is 1.63. The smallest absolute Gasteiger partial charge is 0.150 e. The summed E-state index contributed by atoms with van der Waals surface area (Å²) in [5, 5.41) is -0.263. The lowest BCUT2D eigenvalue weighted by atomic mass is 10.1. The molecule has 0 rings (SSSR count). The van der Waals surface area contributed by atoms with Crippen LogP contribution in [-0.4, -0.2) is 19.9 Å². The zero-order valence-corrected chi connectivity index (χ0v) is 8.19. The van der Waals surface area contributed by atoms with Crippen molar-refractivity contribution in [2.45, 2.75) is 25.5 Å². The lowest BCUT2D eigenvalue weighted by Crippen LogP contribution is -2.23. The van der Waals surface area contributed by atoms with Gasteiger partial charge in [-0.3, -0.25) is 0 Å². The largest absolute Gasteiger partial charge is 0.229 e. The summed E-state index contributed by atoms with van der Waals surface area (Å²) in [6, 6.07) is 0. The van der Waals surface area contributed by atoms with Gasteiger partial charge in [-0.25, -0.2) is 8.42 Å². The maximum atomic E-state index is 11.0. The van der Waals surface area contributed by atoms with Crippen LogP contribution in [0.2, 0.25) is 0 Å². The van der Waals surface area contributed by atoms with Gasteiger partial charge in [0, 0.05) is 6.26 Å². The van der Waals surface area contributed by atoms with Gasteiger partial charge in [0.25, 0.3) is 0 Å². The zero-order valence-electron chi connectivity index (χ0n) is 7.37. The van der Waals surface area contributed by atoms with E-state index in [2.05, 4.69) is 6.58 Å². The standard InChI is InChI=1S/C8H16O2S/c1-5-6-7(2)8(3)11(4,9)10/h5,7-8H,1,6H2,2-4H3/t7-,8+/m0/s1. The average molecular weight is 176 g/mol. The summed E-state index contributed by atoms with van der Waals surface area (Å²) >= 11 is 0. The first-order valence-electron chi connectivity index (χ1n) is 3.69. The van der Waals surface area contributed by atoms with E-state index in [0.29, 0.717) is 0 Å². The van der Waals surface area contributed by atoms with Gasteiger partial charge in [-0.15, -0.1) is 6.58 Å². The van der Waals surface area contributed by atoms with Crippen LogP contribution in [0.1, 0.15) is 20.3 Å². The van der Waals surface area contributed by atoms with Crippen LogP contribution < -0.4 is 0 Å². The van der Waals surface area contributed by atoms with Crippen molar-refractivity contribution in [3.05, 3.63) is 12.7 Å². The lowest BCUT2D eigenvalue weighted by molar-refractivity contribution is 0.529. The Morgan fingerprint density at radius 3 is 2.18 bits per heavy atom. The molecule has 3 heteroatoms. The number of hydrogen-bond donors (Lipinski definition) is 0. The summed E-state index contributed by atoms with van der Waals surface area (Å²) in [4.78, 5) is 0. The molecule has 0 bridgehead atoms. The predicted molar refractivity (Wildman–Crippen MR) is 48.3 cm³/mol. The molecule has 66 valence electrons. The highest BCUT2D eigenvalue weighted by Gasteiger charge is 2.20. The third-order valence-corrected chi connectivity index (χ3v) is 3.83. The summed E-state index contributed by atoms with van der Waals surface area (Å²) in [5.74, 6) is 0.169. The summed E-state index contributed by atoms with van der Waals surface area (Å²) in [7, 11) is -2.87. The third kappa shape index (κ3) is 3.56. The maximum Gasteiger partial charge on any atom is 0.150 e. The van der Waals surface area contributed by atoms with Gasteiger partial charge in [0.05, 0.1) is 5.25 Å². The maximum absolute atomic E-state index is 11.0. The van der Waals surface area contributed by atoms with Gasteiger partial charge in [0.15, 0.2) is 0 Å². The molecule has 0 spiro atoms. The molecule has 0 aromatic rings. The molecule has 0 unspecified atom stereocenters. The number of allylic oxidation sites excluding steroid dienone is 1. The molecule has 2 atom stereocenters. The van der Waals surface area contributed by atoms with Crippen LogP contribution in [0.5, 0.6) is 0 Å².